The lowest BCUT2D eigenvalue weighted by molar-refractivity contribution is -0.128. The number of carbonyl (C=O) groups is 1. The minimum atomic E-state index is 0.0652. The largest absolute Gasteiger partial charge is 0.337 e. The van der Waals surface area contributed by atoms with E-state index in [0.717, 1.165) is 17.7 Å². The summed E-state index contributed by atoms with van der Waals surface area (Å²) in [6, 6.07) is 27.8. The number of benzene rings is 3. The Labute approximate surface area is 197 Å². The molecule has 0 aliphatic rings. The summed E-state index contributed by atoms with van der Waals surface area (Å²) in [5.74, 6) is 0.344. The van der Waals surface area contributed by atoms with E-state index in [1.54, 1.807) is 6.33 Å². The highest BCUT2D eigenvalue weighted by Crippen LogP contribution is 2.22. The van der Waals surface area contributed by atoms with Crippen molar-refractivity contribution < 1.29 is 4.79 Å². The summed E-state index contributed by atoms with van der Waals surface area (Å²) < 4.78 is 1.84. The van der Waals surface area contributed by atoms with Gasteiger partial charge in [0.05, 0.1) is 11.4 Å². The second-order valence-electron chi connectivity index (χ2n) is 7.29. The molecule has 162 valence electrons. The Bertz CT molecular complexity index is 1150. The molecule has 32 heavy (non-hydrogen) atoms. The monoisotopic (exact) mass is 462 g/mol. The van der Waals surface area contributed by atoms with Crippen molar-refractivity contribution in [2.45, 2.75) is 18.1 Å². The van der Waals surface area contributed by atoms with Crippen molar-refractivity contribution in [2.75, 3.05) is 12.3 Å². The van der Waals surface area contributed by atoms with E-state index < -0.39 is 0 Å². The SMILES string of the molecule is O=C(CSc1nncn1-c1cccc(Cl)c1)N(CCc1ccccc1)Cc1ccccc1. The molecule has 0 spiro atoms. The van der Waals surface area contributed by atoms with Gasteiger partial charge in [-0.15, -0.1) is 10.2 Å². The zero-order valence-corrected chi connectivity index (χ0v) is 19.0. The number of aromatic nitrogens is 3. The number of hydrogen-bond acceptors (Lipinski definition) is 4. The summed E-state index contributed by atoms with van der Waals surface area (Å²) >= 11 is 7.50. The lowest BCUT2D eigenvalue weighted by Crippen LogP contribution is -2.34. The first kappa shape index (κ1) is 22.1. The van der Waals surface area contributed by atoms with Crippen LogP contribution in [0.25, 0.3) is 5.69 Å². The molecule has 0 fully saturated rings. The van der Waals surface area contributed by atoms with E-state index in [2.05, 4.69) is 22.3 Å². The Balaban J connectivity index is 1.45. The van der Waals surface area contributed by atoms with Crippen LogP contribution < -0.4 is 0 Å². The van der Waals surface area contributed by atoms with E-state index in [1.165, 1.54) is 17.3 Å². The predicted octanol–water partition coefficient (Wildman–Crippen LogP) is 5.28. The molecular formula is C25H23ClN4OS. The van der Waals surface area contributed by atoms with Crippen LogP contribution in [-0.2, 0) is 17.8 Å². The van der Waals surface area contributed by atoms with Gasteiger partial charge < -0.3 is 4.90 Å². The molecular weight excluding hydrogens is 440 g/mol. The second kappa shape index (κ2) is 11.0. The minimum absolute atomic E-state index is 0.0652. The van der Waals surface area contributed by atoms with Crippen molar-refractivity contribution >= 4 is 29.3 Å². The summed E-state index contributed by atoms with van der Waals surface area (Å²) in [5.41, 5.74) is 3.19. The summed E-state index contributed by atoms with van der Waals surface area (Å²) in [7, 11) is 0. The van der Waals surface area contributed by atoms with Gasteiger partial charge in [-0.3, -0.25) is 9.36 Å². The van der Waals surface area contributed by atoms with Crippen LogP contribution in [-0.4, -0.2) is 37.9 Å². The van der Waals surface area contributed by atoms with Gasteiger partial charge in [0, 0.05) is 18.1 Å². The highest BCUT2D eigenvalue weighted by atomic mass is 35.5. The maximum Gasteiger partial charge on any atom is 0.233 e. The fourth-order valence-corrected chi connectivity index (χ4v) is 4.36. The molecule has 0 bridgehead atoms. The van der Waals surface area contributed by atoms with Gasteiger partial charge >= 0.3 is 0 Å². The molecule has 0 aliphatic carbocycles. The van der Waals surface area contributed by atoms with Gasteiger partial charge in [-0.1, -0.05) is 90.1 Å². The number of rotatable bonds is 9. The second-order valence-corrected chi connectivity index (χ2v) is 8.67. The summed E-state index contributed by atoms with van der Waals surface area (Å²) in [6.07, 6.45) is 2.44. The Morgan fingerprint density at radius 1 is 0.938 bits per heavy atom. The number of thioether (sulfide) groups is 1. The summed E-state index contributed by atoms with van der Waals surface area (Å²) in [4.78, 5) is 15.1. The Hall–Kier alpha value is -3.09. The molecule has 5 nitrogen and oxygen atoms in total. The van der Waals surface area contributed by atoms with Crippen LogP contribution in [0, 0.1) is 0 Å². The lowest BCUT2D eigenvalue weighted by Gasteiger charge is -2.23. The highest BCUT2D eigenvalue weighted by Gasteiger charge is 2.17. The third-order valence-electron chi connectivity index (χ3n) is 5.01. The van der Waals surface area contributed by atoms with Crippen LogP contribution in [0.3, 0.4) is 0 Å². The number of amides is 1. The average molecular weight is 463 g/mol. The molecule has 1 amide bonds. The fourth-order valence-electron chi connectivity index (χ4n) is 3.35. The molecule has 0 atom stereocenters. The molecule has 0 N–H and O–H groups in total. The first-order chi connectivity index (χ1) is 15.7. The standard InChI is InChI=1S/C25H23ClN4OS/c26-22-12-7-13-23(16-22)30-19-27-28-25(30)32-18-24(31)29(17-21-10-5-2-6-11-21)15-14-20-8-3-1-4-9-20/h1-13,16,19H,14-15,17-18H2. The zero-order chi connectivity index (χ0) is 22.2. The number of halogens is 1. The van der Waals surface area contributed by atoms with Crippen LogP contribution in [0.4, 0.5) is 0 Å². The maximum atomic E-state index is 13.2. The summed E-state index contributed by atoms with van der Waals surface area (Å²) in [5, 5.41) is 9.51. The Morgan fingerprint density at radius 3 is 2.38 bits per heavy atom. The van der Waals surface area contributed by atoms with Gasteiger partial charge in [-0.25, -0.2) is 0 Å². The van der Waals surface area contributed by atoms with Crippen LogP contribution in [0.2, 0.25) is 5.02 Å². The van der Waals surface area contributed by atoms with Gasteiger partial charge in [0.15, 0.2) is 5.16 Å². The van der Waals surface area contributed by atoms with Crippen molar-refractivity contribution in [3.63, 3.8) is 0 Å². The molecule has 0 saturated heterocycles. The van der Waals surface area contributed by atoms with Gasteiger partial charge in [-0.05, 0) is 35.7 Å². The predicted molar refractivity (Wildman–Crippen MR) is 129 cm³/mol. The van der Waals surface area contributed by atoms with Crippen molar-refractivity contribution in [3.8, 4) is 5.69 Å². The molecule has 7 heteroatoms. The molecule has 4 aromatic rings. The Kier molecular flexibility index (Phi) is 7.59. The van der Waals surface area contributed by atoms with Crippen LogP contribution in [0.15, 0.2) is 96.4 Å². The average Bonchev–Trinajstić information content (AvgIpc) is 3.30. The quantitative estimate of drug-likeness (QED) is 0.317. The van der Waals surface area contributed by atoms with Crippen molar-refractivity contribution in [3.05, 3.63) is 107 Å². The zero-order valence-electron chi connectivity index (χ0n) is 17.5. The molecule has 1 heterocycles. The molecule has 3 aromatic carbocycles. The van der Waals surface area contributed by atoms with Gasteiger partial charge in [0.1, 0.15) is 6.33 Å². The van der Waals surface area contributed by atoms with Crippen molar-refractivity contribution in [1.29, 1.82) is 0 Å². The van der Waals surface area contributed by atoms with Crippen molar-refractivity contribution in [1.82, 2.24) is 19.7 Å². The minimum Gasteiger partial charge on any atom is -0.337 e. The highest BCUT2D eigenvalue weighted by molar-refractivity contribution is 7.99. The first-order valence-corrected chi connectivity index (χ1v) is 11.7. The first-order valence-electron chi connectivity index (χ1n) is 10.3. The van der Waals surface area contributed by atoms with E-state index in [1.807, 2.05) is 82.3 Å². The van der Waals surface area contributed by atoms with E-state index in [9.17, 15) is 4.79 Å². The molecule has 4 rings (SSSR count). The van der Waals surface area contributed by atoms with Gasteiger partial charge in [-0.2, -0.15) is 0 Å². The number of carbonyl (C=O) groups excluding carboxylic acids is 1. The Morgan fingerprint density at radius 2 is 1.66 bits per heavy atom. The van der Waals surface area contributed by atoms with Gasteiger partial charge in [0.25, 0.3) is 0 Å². The molecule has 1 aromatic heterocycles. The topological polar surface area (TPSA) is 51.0 Å². The molecule has 0 saturated carbocycles. The maximum absolute atomic E-state index is 13.2. The van der Waals surface area contributed by atoms with E-state index in [-0.39, 0.29) is 11.7 Å². The smallest absolute Gasteiger partial charge is 0.233 e. The fraction of sp³-hybridized carbons (Fsp3) is 0.160. The van der Waals surface area contributed by atoms with E-state index >= 15 is 0 Å². The van der Waals surface area contributed by atoms with E-state index in [4.69, 9.17) is 11.6 Å². The van der Waals surface area contributed by atoms with Crippen molar-refractivity contribution in [2.24, 2.45) is 0 Å². The van der Waals surface area contributed by atoms with E-state index in [0.29, 0.717) is 23.3 Å². The number of hydrogen-bond donors (Lipinski definition) is 0. The van der Waals surface area contributed by atoms with Crippen LogP contribution in [0.1, 0.15) is 11.1 Å². The van der Waals surface area contributed by atoms with Gasteiger partial charge in [0.2, 0.25) is 5.91 Å². The third-order valence-corrected chi connectivity index (χ3v) is 6.17. The lowest BCUT2D eigenvalue weighted by atomic mass is 10.1. The summed E-state index contributed by atoms with van der Waals surface area (Å²) in [6.45, 7) is 1.23. The van der Waals surface area contributed by atoms with Crippen LogP contribution >= 0.6 is 23.4 Å². The normalized spacial score (nSPS) is 10.8. The number of nitrogens with zero attached hydrogens (tertiary/aromatic N) is 4. The molecule has 0 radical (unpaired) electrons. The molecule has 0 unspecified atom stereocenters. The molecule has 0 aliphatic heterocycles. The van der Waals surface area contributed by atoms with Crippen LogP contribution in [0.5, 0.6) is 0 Å². The third kappa shape index (κ3) is 5.99.